The van der Waals surface area contributed by atoms with Crippen LogP contribution in [-0.2, 0) is 4.79 Å². The number of carbonyl (C=O) groups is 3. The van der Waals surface area contributed by atoms with Gasteiger partial charge in [-0.25, -0.2) is 9.78 Å². The van der Waals surface area contributed by atoms with Gasteiger partial charge in [0.2, 0.25) is 0 Å². The summed E-state index contributed by atoms with van der Waals surface area (Å²) in [4.78, 5) is 44.5. The van der Waals surface area contributed by atoms with Gasteiger partial charge < -0.3 is 20.6 Å². The zero-order chi connectivity index (χ0) is 24.1. The molecule has 0 bridgehead atoms. The number of urea groups is 1. The van der Waals surface area contributed by atoms with E-state index in [1.807, 2.05) is 12.1 Å². The molecule has 0 aromatic carbocycles. The van der Waals surface area contributed by atoms with Crippen LogP contribution in [0.3, 0.4) is 0 Å². The summed E-state index contributed by atoms with van der Waals surface area (Å²) in [5, 5.41) is 22.2. The van der Waals surface area contributed by atoms with Crippen LogP contribution in [0, 0.1) is 0 Å². The highest BCUT2D eigenvalue weighted by Crippen LogP contribution is 2.33. The Balaban J connectivity index is 1.38. The predicted octanol–water partition coefficient (Wildman–Crippen LogP) is 1.81. The summed E-state index contributed by atoms with van der Waals surface area (Å²) < 4.78 is 1.68. The first-order valence-corrected chi connectivity index (χ1v) is 12.3. The number of fused-ring (bicyclic) bond motifs is 1. The summed E-state index contributed by atoms with van der Waals surface area (Å²) >= 11 is 1.36. The number of imide groups is 1. The van der Waals surface area contributed by atoms with Gasteiger partial charge in [-0.1, -0.05) is 0 Å². The number of hydrogen-bond acceptors (Lipinski definition) is 8. The van der Waals surface area contributed by atoms with Crippen molar-refractivity contribution in [2.24, 2.45) is 0 Å². The summed E-state index contributed by atoms with van der Waals surface area (Å²) in [7, 11) is 0. The molecular weight excluding hydrogens is 470 g/mol. The molecule has 4 amide bonds. The average molecular weight is 494 g/mol. The fourth-order valence-corrected chi connectivity index (χ4v) is 5.33. The number of carbonyl (C=O) groups excluding carboxylic acids is 3. The number of aliphatic hydroxyl groups is 1. The molecule has 0 unspecified atom stereocenters. The molecule has 4 N–H and O–H groups in total. The molecule has 11 nitrogen and oxygen atoms in total. The van der Waals surface area contributed by atoms with Gasteiger partial charge in [-0.15, -0.1) is 11.3 Å². The third-order valence-electron chi connectivity index (χ3n) is 6.37. The lowest BCUT2D eigenvalue weighted by Gasteiger charge is -2.22. The van der Waals surface area contributed by atoms with Crippen LogP contribution in [-0.4, -0.2) is 67.7 Å². The summed E-state index contributed by atoms with van der Waals surface area (Å²) in [6.07, 6.45) is 6.99. The lowest BCUT2D eigenvalue weighted by atomic mass is 10.2. The van der Waals surface area contributed by atoms with Crippen molar-refractivity contribution >= 4 is 46.7 Å². The molecule has 3 aromatic rings. The van der Waals surface area contributed by atoms with Gasteiger partial charge in [0.1, 0.15) is 11.5 Å². The van der Waals surface area contributed by atoms with Crippen molar-refractivity contribution in [3.63, 3.8) is 0 Å². The Morgan fingerprint density at radius 1 is 1.26 bits per heavy atom. The SMILES string of the molecule is O=C1NC(=O)/C(=C/c2cnn3c(NC4CC4)cc(-c4ccc(C(=O)N5CCC[C@H]5CO)s4)nc23)N1. The van der Waals surface area contributed by atoms with Crippen molar-refractivity contribution in [3.8, 4) is 10.6 Å². The second-order valence-electron chi connectivity index (χ2n) is 8.89. The summed E-state index contributed by atoms with van der Waals surface area (Å²) in [5.41, 5.74) is 1.90. The lowest BCUT2D eigenvalue weighted by molar-refractivity contribution is -0.115. The molecular formula is C23H23N7O4S. The number of amides is 4. The Kier molecular flexibility index (Phi) is 5.26. The van der Waals surface area contributed by atoms with Gasteiger partial charge in [0.25, 0.3) is 11.8 Å². The molecule has 5 heterocycles. The first kappa shape index (κ1) is 21.7. The molecule has 2 aliphatic heterocycles. The first-order chi connectivity index (χ1) is 17.0. The highest BCUT2D eigenvalue weighted by molar-refractivity contribution is 7.17. The number of aliphatic hydroxyl groups excluding tert-OH is 1. The molecule has 12 heteroatoms. The Bertz CT molecular complexity index is 1390. The zero-order valence-corrected chi connectivity index (χ0v) is 19.5. The maximum Gasteiger partial charge on any atom is 0.326 e. The van der Waals surface area contributed by atoms with Gasteiger partial charge in [-0.2, -0.15) is 9.61 Å². The fraction of sp³-hybridized carbons (Fsp3) is 0.348. The minimum atomic E-state index is -0.570. The van der Waals surface area contributed by atoms with Gasteiger partial charge in [-0.05, 0) is 43.9 Å². The highest BCUT2D eigenvalue weighted by Gasteiger charge is 2.30. The Hall–Kier alpha value is -3.77. The van der Waals surface area contributed by atoms with Crippen molar-refractivity contribution in [1.29, 1.82) is 0 Å². The predicted molar refractivity (Wildman–Crippen MR) is 129 cm³/mol. The van der Waals surface area contributed by atoms with Crippen molar-refractivity contribution in [2.75, 3.05) is 18.5 Å². The molecule has 6 rings (SSSR count). The Morgan fingerprint density at radius 3 is 2.86 bits per heavy atom. The highest BCUT2D eigenvalue weighted by atomic mass is 32.1. The standard InChI is InChI=1S/C23H23N7O4S/c31-11-14-2-1-7-29(14)22(33)18-6-5-17(35-18)15-9-19(25-13-3-4-13)30-20(26-15)12(10-24-30)8-16-21(32)28-23(34)27-16/h5-6,8-10,13-14,25,31H,1-4,7,11H2,(H2,27,28,32,34)/b16-8-/t14-/m0/s1. The monoisotopic (exact) mass is 493 g/mol. The summed E-state index contributed by atoms with van der Waals surface area (Å²) in [6, 6.07) is 5.25. The van der Waals surface area contributed by atoms with Crippen LogP contribution in [0.25, 0.3) is 22.3 Å². The van der Waals surface area contributed by atoms with E-state index in [9.17, 15) is 19.5 Å². The van der Waals surface area contributed by atoms with Gasteiger partial charge >= 0.3 is 6.03 Å². The van der Waals surface area contributed by atoms with E-state index in [4.69, 9.17) is 4.98 Å². The van der Waals surface area contributed by atoms with Gasteiger partial charge in [-0.3, -0.25) is 14.9 Å². The van der Waals surface area contributed by atoms with Gasteiger partial charge in [0.15, 0.2) is 5.65 Å². The molecule has 180 valence electrons. The Labute approximate surface area is 203 Å². The molecule has 1 saturated carbocycles. The number of anilines is 1. The molecule has 1 atom stereocenters. The molecule has 0 radical (unpaired) electrons. The molecule has 2 saturated heterocycles. The van der Waals surface area contributed by atoms with Crippen LogP contribution in [0.5, 0.6) is 0 Å². The summed E-state index contributed by atoms with van der Waals surface area (Å²) in [6.45, 7) is 0.616. The smallest absolute Gasteiger partial charge is 0.326 e. The lowest BCUT2D eigenvalue weighted by Crippen LogP contribution is -2.37. The average Bonchev–Trinajstić information content (AvgIpc) is 3.24. The van der Waals surface area contributed by atoms with Crippen LogP contribution < -0.4 is 16.0 Å². The van der Waals surface area contributed by atoms with Crippen LogP contribution in [0.2, 0.25) is 0 Å². The summed E-state index contributed by atoms with van der Waals surface area (Å²) in [5.74, 6) is 0.178. The van der Waals surface area contributed by atoms with E-state index in [2.05, 4.69) is 21.0 Å². The largest absolute Gasteiger partial charge is 0.394 e. The number of rotatable bonds is 6. The minimum absolute atomic E-state index is 0.0314. The van der Waals surface area contributed by atoms with Crippen LogP contribution in [0.15, 0.2) is 30.1 Å². The first-order valence-electron chi connectivity index (χ1n) is 11.5. The van der Waals surface area contributed by atoms with E-state index >= 15 is 0 Å². The minimum Gasteiger partial charge on any atom is -0.394 e. The van der Waals surface area contributed by atoms with Crippen molar-refractivity contribution in [2.45, 2.75) is 37.8 Å². The molecule has 35 heavy (non-hydrogen) atoms. The second-order valence-corrected chi connectivity index (χ2v) is 9.97. The van der Waals surface area contributed by atoms with E-state index in [-0.39, 0.29) is 24.3 Å². The number of aromatic nitrogens is 3. The van der Waals surface area contributed by atoms with Crippen molar-refractivity contribution < 1.29 is 19.5 Å². The normalized spacial score (nSPS) is 21.1. The molecule has 3 aliphatic rings. The number of thiophene rings is 1. The molecule has 3 aromatic heterocycles. The fourth-order valence-electron chi connectivity index (χ4n) is 4.41. The van der Waals surface area contributed by atoms with Gasteiger partial charge in [0, 0.05) is 24.2 Å². The van der Waals surface area contributed by atoms with E-state index < -0.39 is 11.9 Å². The van der Waals surface area contributed by atoms with Gasteiger partial charge in [0.05, 0.1) is 34.3 Å². The van der Waals surface area contributed by atoms with Crippen molar-refractivity contribution in [3.05, 3.63) is 40.5 Å². The number of hydrogen-bond donors (Lipinski definition) is 4. The molecule has 1 aliphatic carbocycles. The zero-order valence-electron chi connectivity index (χ0n) is 18.7. The van der Waals surface area contributed by atoms with Crippen LogP contribution in [0.4, 0.5) is 10.6 Å². The van der Waals surface area contributed by atoms with Crippen LogP contribution in [0.1, 0.15) is 40.9 Å². The Morgan fingerprint density at radius 2 is 2.11 bits per heavy atom. The second kappa shape index (κ2) is 8.47. The number of nitrogens with zero attached hydrogens (tertiary/aromatic N) is 4. The number of nitrogens with one attached hydrogen (secondary N) is 3. The van der Waals surface area contributed by atoms with Crippen molar-refractivity contribution in [1.82, 2.24) is 30.1 Å². The maximum atomic E-state index is 13.1. The van der Waals surface area contributed by atoms with Crippen LogP contribution >= 0.6 is 11.3 Å². The maximum absolute atomic E-state index is 13.1. The third kappa shape index (κ3) is 4.04. The molecule has 3 fully saturated rings. The number of likely N-dealkylation sites (tertiary alicyclic amines) is 1. The third-order valence-corrected chi connectivity index (χ3v) is 7.46. The quantitative estimate of drug-likeness (QED) is 0.303. The van der Waals surface area contributed by atoms with E-state index in [0.29, 0.717) is 34.4 Å². The van der Waals surface area contributed by atoms with E-state index in [1.54, 1.807) is 27.8 Å². The topological polar surface area (TPSA) is 141 Å². The van der Waals surface area contributed by atoms with E-state index in [1.165, 1.54) is 11.3 Å². The molecule has 0 spiro atoms. The van der Waals surface area contributed by atoms with E-state index in [0.717, 1.165) is 36.4 Å².